The highest BCUT2D eigenvalue weighted by atomic mass is 19.1. The number of nitrogens with one attached hydrogen (secondary N) is 2. The highest BCUT2D eigenvalue weighted by molar-refractivity contribution is 5.94. The van der Waals surface area contributed by atoms with Crippen LogP contribution in [-0.4, -0.2) is 42.2 Å². The van der Waals surface area contributed by atoms with Gasteiger partial charge < -0.3 is 9.64 Å². The fraction of sp³-hybridized carbons (Fsp3) is 0.267. The molecular weight excluding hydrogens is 301 g/mol. The number of nitrogens with zero attached hydrogens (tertiary/aromatic N) is 3. The van der Waals surface area contributed by atoms with Gasteiger partial charge >= 0.3 is 0 Å². The Bertz CT molecular complexity index is 677. The number of hydrogen-bond acceptors (Lipinski definition) is 6. The summed E-state index contributed by atoms with van der Waals surface area (Å²) in [4.78, 5) is 21.7. The summed E-state index contributed by atoms with van der Waals surface area (Å²) in [5.41, 5.74) is 5.58. The van der Waals surface area contributed by atoms with Crippen LogP contribution in [0, 0.1) is 5.82 Å². The number of ether oxygens (including phenoxy) is 1. The number of anilines is 2. The Morgan fingerprint density at radius 3 is 2.70 bits per heavy atom. The molecule has 0 aliphatic carbocycles. The molecule has 0 unspecified atom stereocenters. The molecule has 2 N–H and O–H groups in total. The summed E-state index contributed by atoms with van der Waals surface area (Å²) in [5, 5.41) is 0. The van der Waals surface area contributed by atoms with Gasteiger partial charge in [-0.1, -0.05) is 18.2 Å². The van der Waals surface area contributed by atoms with Crippen LogP contribution in [0.5, 0.6) is 0 Å². The maximum absolute atomic E-state index is 13.9. The number of halogens is 1. The highest BCUT2D eigenvalue weighted by Crippen LogP contribution is 2.18. The largest absolute Gasteiger partial charge is 0.378 e. The van der Waals surface area contributed by atoms with E-state index in [0.29, 0.717) is 31.9 Å². The zero-order valence-corrected chi connectivity index (χ0v) is 12.3. The lowest BCUT2D eigenvalue weighted by molar-refractivity contribution is 0.0962. The fourth-order valence-electron chi connectivity index (χ4n) is 2.19. The van der Waals surface area contributed by atoms with E-state index in [1.165, 1.54) is 0 Å². The molecule has 2 heterocycles. The number of hydrogen-bond donors (Lipinski definition) is 2. The van der Waals surface area contributed by atoms with Gasteiger partial charge in [0.05, 0.1) is 19.4 Å². The van der Waals surface area contributed by atoms with Crippen LogP contribution in [0.1, 0.15) is 10.4 Å². The lowest BCUT2D eigenvalue weighted by atomic mass is 10.2. The van der Waals surface area contributed by atoms with Crippen molar-refractivity contribution in [2.45, 2.75) is 0 Å². The van der Waals surface area contributed by atoms with Crippen molar-refractivity contribution < 1.29 is 13.9 Å². The Morgan fingerprint density at radius 1 is 1.22 bits per heavy atom. The average Bonchev–Trinajstić information content (AvgIpc) is 2.62. The van der Waals surface area contributed by atoms with Crippen LogP contribution < -0.4 is 15.8 Å². The molecule has 3 rings (SSSR count). The Kier molecular flexibility index (Phi) is 4.62. The zero-order valence-electron chi connectivity index (χ0n) is 12.3. The van der Waals surface area contributed by atoms with E-state index in [-0.39, 0.29) is 17.7 Å². The predicted molar refractivity (Wildman–Crippen MR) is 82.6 cm³/mol. The standard InChI is InChI=1S/C15H16FN5O2/c16-12-10-17-15(18-13(12)21-6-8-23-9-7-21)20-19-14(22)11-4-2-1-3-5-11/h1-5,10H,6-9H2,(H,19,22)(H,17,18,20). The second-order valence-corrected chi connectivity index (χ2v) is 4.91. The molecule has 0 radical (unpaired) electrons. The molecule has 1 aliphatic rings. The third-order valence-corrected chi connectivity index (χ3v) is 3.36. The van der Waals surface area contributed by atoms with E-state index in [2.05, 4.69) is 20.8 Å². The first kappa shape index (κ1) is 15.2. The van der Waals surface area contributed by atoms with Gasteiger partial charge in [0.25, 0.3) is 5.91 Å². The third kappa shape index (κ3) is 3.72. The Hall–Kier alpha value is -2.74. The molecule has 1 aliphatic heterocycles. The maximum atomic E-state index is 13.9. The summed E-state index contributed by atoms with van der Waals surface area (Å²) in [5.74, 6) is -0.518. The maximum Gasteiger partial charge on any atom is 0.269 e. The molecule has 8 heteroatoms. The minimum absolute atomic E-state index is 0.122. The predicted octanol–water partition coefficient (Wildman–Crippen LogP) is 1.21. The second kappa shape index (κ2) is 7.01. The van der Waals surface area contributed by atoms with Crippen molar-refractivity contribution in [3.63, 3.8) is 0 Å². The molecule has 7 nitrogen and oxygen atoms in total. The van der Waals surface area contributed by atoms with E-state index in [4.69, 9.17) is 4.74 Å². The molecule has 0 atom stereocenters. The average molecular weight is 317 g/mol. The fourth-order valence-corrected chi connectivity index (χ4v) is 2.19. The van der Waals surface area contributed by atoms with E-state index in [1.807, 2.05) is 6.07 Å². The summed E-state index contributed by atoms with van der Waals surface area (Å²) in [6, 6.07) is 8.71. The highest BCUT2D eigenvalue weighted by Gasteiger charge is 2.18. The van der Waals surface area contributed by atoms with E-state index in [1.54, 1.807) is 29.2 Å². The minimum Gasteiger partial charge on any atom is -0.378 e. The number of benzene rings is 1. The lowest BCUT2D eigenvalue weighted by Crippen LogP contribution is -2.38. The van der Waals surface area contributed by atoms with Crippen molar-refractivity contribution in [3.05, 3.63) is 47.9 Å². The number of amides is 1. The molecule has 0 spiro atoms. The van der Waals surface area contributed by atoms with Crippen molar-refractivity contribution in [2.75, 3.05) is 36.6 Å². The van der Waals surface area contributed by atoms with Crippen LogP contribution in [0.25, 0.3) is 0 Å². The third-order valence-electron chi connectivity index (χ3n) is 3.36. The topological polar surface area (TPSA) is 79.4 Å². The second-order valence-electron chi connectivity index (χ2n) is 4.91. The summed E-state index contributed by atoms with van der Waals surface area (Å²) < 4.78 is 19.1. The van der Waals surface area contributed by atoms with Gasteiger partial charge in [0.15, 0.2) is 11.6 Å². The molecule has 1 fully saturated rings. The monoisotopic (exact) mass is 317 g/mol. The van der Waals surface area contributed by atoms with Crippen LogP contribution in [0.4, 0.5) is 16.2 Å². The van der Waals surface area contributed by atoms with Crippen LogP contribution in [0.3, 0.4) is 0 Å². The number of rotatable bonds is 4. The molecule has 1 amide bonds. The van der Waals surface area contributed by atoms with Crippen LogP contribution >= 0.6 is 0 Å². The SMILES string of the molecule is O=C(NNc1ncc(F)c(N2CCOCC2)n1)c1ccccc1. The van der Waals surface area contributed by atoms with Gasteiger partial charge in [0, 0.05) is 18.7 Å². The lowest BCUT2D eigenvalue weighted by Gasteiger charge is -2.28. The number of carbonyl (C=O) groups is 1. The Morgan fingerprint density at radius 2 is 1.96 bits per heavy atom. The first-order valence-corrected chi connectivity index (χ1v) is 7.20. The minimum atomic E-state index is -0.508. The van der Waals surface area contributed by atoms with Gasteiger partial charge in [0.2, 0.25) is 5.95 Å². The van der Waals surface area contributed by atoms with Gasteiger partial charge in [-0.3, -0.25) is 15.6 Å². The molecule has 1 aromatic heterocycles. The van der Waals surface area contributed by atoms with Crippen LogP contribution in [0.2, 0.25) is 0 Å². The zero-order chi connectivity index (χ0) is 16.1. The summed E-state index contributed by atoms with van der Waals surface area (Å²) >= 11 is 0. The van der Waals surface area contributed by atoms with Gasteiger partial charge in [-0.25, -0.2) is 9.37 Å². The van der Waals surface area contributed by atoms with Crippen LogP contribution in [0.15, 0.2) is 36.5 Å². The van der Waals surface area contributed by atoms with Crippen molar-refractivity contribution in [2.24, 2.45) is 0 Å². The van der Waals surface area contributed by atoms with Crippen molar-refractivity contribution in [1.82, 2.24) is 15.4 Å². The first-order valence-electron chi connectivity index (χ1n) is 7.20. The Balaban J connectivity index is 1.67. The molecule has 23 heavy (non-hydrogen) atoms. The van der Waals surface area contributed by atoms with E-state index >= 15 is 0 Å². The number of aromatic nitrogens is 2. The van der Waals surface area contributed by atoms with E-state index in [0.717, 1.165) is 6.20 Å². The van der Waals surface area contributed by atoms with E-state index in [9.17, 15) is 9.18 Å². The van der Waals surface area contributed by atoms with Crippen molar-refractivity contribution >= 4 is 17.7 Å². The molecule has 2 aromatic rings. The smallest absolute Gasteiger partial charge is 0.269 e. The quantitative estimate of drug-likeness (QED) is 0.825. The Labute approximate surface area is 132 Å². The first-order chi connectivity index (χ1) is 11.2. The van der Waals surface area contributed by atoms with Gasteiger partial charge in [0.1, 0.15) is 0 Å². The normalized spacial score (nSPS) is 14.4. The molecule has 1 saturated heterocycles. The van der Waals surface area contributed by atoms with Crippen molar-refractivity contribution in [1.29, 1.82) is 0 Å². The summed E-state index contributed by atoms with van der Waals surface area (Å²) in [6.07, 6.45) is 1.08. The van der Waals surface area contributed by atoms with Crippen molar-refractivity contribution in [3.8, 4) is 0 Å². The number of carbonyl (C=O) groups excluding carboxylic acids is 1. The molecule has 0 saturated carbocycles. The molecule has 0 bridgehead atoms. The molecule has 120 valence electrons. The number of hydrazine groups is 1. The summed E-state index contributed by atoms with van der Waals surface area (Å²) in [7, 11) is 0. The van der Waals surface area contributed by atoms with E-state index < -0.39 is 5.82 Å². The van der Waals surface area contributed by atoms with Gasteiger partial charge in [-0.2, -0.15) is 4.98 Å². The summed E-state index contributed by atoms with van der Waals surface area (Å²) in [6.45, 7) is 2.17. The molecular formula is C15H16FN5O2. The van der Waals surface area contributed by atoms with Crippen LogP contribution in [-0.2, 0) is 4.74 Å². The molecule has 1 aromatic carbocycles. The van der Waals surface area contributed by atoms with Gasteiger partial charge in [-0.15, -0.1) is 0 Å². The van der Waals surface area contributed by atoms with Gasteiger partial charge in [-0.05, 0) is 12.1 Å². The number of morpholine rings is 1.